The Hall–Kier alpha value is -3.42. The lowest BCUT2D eigenvalue weighted by atomic mass is 10.2. The molecule has 0 radical (unpaired) electrons. The maximum Gasteiger partial charge on any atom is 0.344 e. The van der Waals surface area contributed by atoms with E-state index in [9.17, 15) is 9.59 Å². The predicted octanol–water partition coefficient (Wildman–Crippen LogP) is 2.18. The van der Waals surface area contributed by atoms with Gasteiger partial charge >= 0.3 is 5.97 Å². The molecule has 0 saturated carbocycles. The third-order valence-electron chi connectivity index (χ3n) is 3.22. The van der Waals surface area contributed by atoms with E-state index in [1.165, 1.54) is 25.7 Å². The fourth-order valence-corrected chi connectivity index (χ4v) is 2.05. The van der Waals surface area contributed by atoms with Gasteiger partial charge in [-0.3, -0.25) is 9.78 Å². The summed E-state index contributed by atoms with van der Waals surface area (Å²) < 4.78 is 15.7. The minimum Gasteiger partial charge on any atom is -0.493 e. The number of hydrazone groups is 1. The predicted molar refractivity (Wildman–Crippen MR) is 99.0 cm³/mol. The number of pyridine rings is 1. The van der Waals surface area contributed by atoms with Gasteiger partial charge in [0.25, 0.3) is 5.91 Å². The van der Waals surface area contributed by atoms with Gasteiger partial charge in [0.1, 0.15) is 0 Å². The van der Waals surface area contributed by atoms with Crippen LogP contribution in [0.2, 0.25) is 0 Å². The highest BCUT2D eigenvalue weighted by Gasteiger charge is 2.10. The van der Waals surface area contributed by atoms with E-state index in [1.54, 1.807) is 44.2 Å². The number of esters is 1. The maximum absolute atomic E-state index is 11.9. The van der Waals surface area contributed by atoms with Crippen molar-refractivity contribution in [1.82, 2.24) is 10.4 Å². The molecular weight excluding hydrogens is 350 g/mol. The molecule has 0 saturated heterocycles. The van der Waals surface area contributed by atoms with Crippen molar-refractivity contribution in [3.8, 4) is 11.5 Å². The van der Waals surface area contributed by atoms with Crippen LogP contribution in [-0.2, 0) is 9.53 Å². The van der Waals surface area contributed by atoms with Crippen molar-refractivity contribution >= 4 is 18.1 Å². The molecule has 0 aliphatic carbocycles. The fourth-order valence-electron chi connectivity index (χ4n) is 2.05. The van der Waals surface area contributed by atoms with Crippen LogP contribution in [0.25, 0.3) is 0 Å². The standard InChI is InChI=1S/C19H21N3O5/c1-13(2)27-18(23)12-26-16-5-4-14(10-17(16)25-3)11-21-22-19(24)15-6-8-20-9-7-15/h4-11,13H,12H2,1-3H3,(H,22,24)/b21-11+. The lowest BCUT2D eigenvalue weighted by molar-refractivity contribution is -0.149. The summed E-state index contributed by atoms with van der Waals surface area (Å²) in [6.07, 6.45) is 4.32. The second-order valence-corrected chi connectivity index (χ2v) is 5.67. The molecule has 142 valence electrons. The van der Waals surface area contributed by atoms with Crippen molar-refractivity contribution in [3.05, 3.63) is 53.9 Å². The van der Waals surface area contributed by atoms with Crippen LogP contribution in [0, 0.1) is 0 Å². The summed E-state index contributed by atoms with van der Waals surface area (Å²) in [5.41, 5.74) is 3.56. The Kier molecular flexibility index (Phi) is 7.30. The zero-order chi connectivity index (χ0) is 19.6. The van der Waals surface area contributed by atoms with Crippen molar-refractivity contribution in [2.24, 2.45) is 5.10 Å². The summed E-state index contributed by atoms with van der Waals surface area (Å²) in [6.45, 7) is 3.31. The van der Waals surface area contributed by atoms with Crippen molar-refractivity contribution in [2.75, 3.05) is 13.7 Å². The third-order valence-corrected chi connectivity index (χ3v) is 3.22. The Morgan fingerprint density at radius 1 is 1.19 bits per heavy atom. The van der Waals surface area contributed by atoms with Gasteiger partial charge < -0.3 is 14.2 Å². The zero-order valence-electron chi connectivity index (χ0n) is 15.3. The SMILES string of the molecule is COc1cc(/C=N/NC(=O)c2ccncc2)ccc1OCC(=O)OC(C)C. The van der Waals surface area contributed by atoms with Gasteiger partial charge in [-0.2, -0.15) is 5.10 Å². The quantitative estimate of drug-likeness (QED) is 0.434. The first-order valence-corrected chi connectivity index (χ1v) is 8.23. The highest BCUT2D eigenvalue weighted by atomic mass is 16.6. The van der Waals surface area contributed by atoms with Crippen LogP contribution in [0.15, 0.2) is 47.8 Å². The molecule has 0 spiro atoms. The van der Waals surface area contributed by atoms with Gasteiger partial charge in [-0.15, -0.1) is 0 Å². The first-order chi connectivity index (χ1) is 13.0. The van der Waals surface area contributed by atoms with Gasteiger partial charge in [-0.25, -0.2) is 10.2 Å². The minimum atomic E-state index is -0.462. The van der Waals surface area contributed by atoms with E-state index in [0.29, 0.717) is 22.6 Å². The van der Waals surface area contributed by atoms with Crippen LogP contribution in [0.5, 0.6) is 11.5 Å². The Bertz CT molecular complexity index is 806. The Morgan fingerprint density at radius 2 is 1.93 bits per heavy atom. The molecule has 0 aliphatic heterocycles. The van der Waals surface area contributed by atoms with Gasteiger partial charge in [0.15, 0.2) is 18.1 Å². The summed E-state index contributed by atoms with van der Waals surface area (Å²) in [5, 5.41) is 3.91. The number of nitrogens with zero attached hydrogens (tertiary/aromatic N) is 2. The van der Waals surface area contributed by atoms with Crippen LogP contribution in [-0.4, -0.2) is 42.9 Å². The molecule has 8 nitrogen and oxygen atoms in total. The van der Waals surface area contributed by atoms with E-state index in [1.807, 2.05) is 0 Å². The molecule has 0 bridgehead atoms. The van der Waals surface area contributed by atoms with Gasteiger partial charge in [-0.1, -0.05) is 0 Å². The number of methoxy groups -OCH3 is 1. The average Bonchev–Trinajstić information content (AvgIpc) is 2.66. The summed E-state index contributed by atoms with van der Waals surface area (Å²) in [6, 6.07) is 8.21. The molecular formula is C19H21N3O5. The molecule has 27 heavy (non-hydrogen) atoms. The van der Waals surface area contributed by atoms with Crippen molar-refractivity contribution in [3.63, 3.8) is 0 Å². The molecule has 8 heteroatoms. The lowest BCUT2D eigenvalue weighted by Gasteiger charge is -2.12. The Balaban J connectivity index is 1.96. The average molecular weight is 371 g/mol. The van der Waals surface area contributed by atoms with E-state index < -0.39 is 5.97 Å². The molecule has 1 amide bonds. The molecule has 2 aromatic rings. The van der Waals surface area contributed by atoms with E-state index in [-0.39, 0.29) is 18.6 Å². The number of ether oxygens (including phenoxy) is 3. The highest BCUT2D eigenvalue weighted by Crippen LogP contribution is 2.27. The van der Waals surface area contributed by atoms with Crippen molar-refractivity contribution in [2.45, 2.75) is 20.0 Å². The summed E-state index contributed by atoms with van der Waals surface area (Å²) in [7, 11) is 1.49. The minimum absolute atomic E-state index is 0.205. The first-order valence-electron chi connectivity index (χ1n) is 8.23. The smallest absolute Gasteiger partial charge is 0.344 e. The molecule has 0 unspecified atom stereocenters. The van der Waals surface area contributed by atoms with E-state index in [4.69, 9.17) is 14.2 Å². The molecule has 0 fully saturated rings. The topological polar surface area (TPSA) is 99.1 Å². The highest BCUT2D eigenvalue weighted by molar-refractivity contribution is 5.94. The van der Waals surface area contributed by atoms with E-state index in [2.05, 4.69) is 15.5 Å². The summed E-state index contributed by atoms with van der Waals surface area (Å²) in [5.74, 6) is 0.0219. The van der Waals surface area contributed by atoms with E-state index in [0.717, 1.165) is 0 Å². The molecule has 0 aliphatic rings. The fraction of sp³-hybridized carbons (Fsp3) is 0.263. The Labute approximate surface area is 157 Å². The molecule has 1 heterocycles. The van der Waals surface area contributed by atoms with Crippen LogP contribution >= 0.6 is 0 Å². The molecule has 1 aromatic carbocycles. The van der Waals surface area contributed by atoms with Crippen molar-refractivity contribution in [1.29, 1.82) is 0 Å². The number of benzene rings is 1. The number of aromatic nitrogens is 1. The van der Waals surface area contributed by atoms with E-state index >= 15 is 0 Å². The van der Waals surface area contributed by atoms with Gasteiger partial charge in [0, 0.05) is 18.0 Å². The van der Waals surface area contributed by atoms with Crippen LogP contribution in [0.4, 0.5) is 0 Å². The monoisotopic (exact) mass is 371 g/mol. The second kappa shape index (κ2) is 9.91. The number of rotatable bonds is 8. The van der Waals surface area contributed by atoms with Crippen LogP contribution in [0.3, 0.4) is 0 Å². The number of carbonyl (C=O) groups is 2. The molecule has 0 atom stereocenters. The zero-order valence-corrected chi connectivity index (χ0v) is 15.3. The number of hydrogen-bond acceptors (Lipinski definition) is 7. The lowest BCUT2D eigenvalue weighted by Crippen LogP contribution is -2.19. The number of hydrogen-bond donors (Lipinski definition) is 1. The van der Waals surface area contributed by atoms with Gasteiger partial charge in [-0.05, 0) is 49.7 Å². The number of amides is 1. The summed E-state index contributed by atoms with van der Waals surface area (Å²) in [4.78, 5) is 27.3. The van der Waals surface area contributed by atoms with Crippen LogP contribution < -0.4 is 14.9 Å². The first kappa shape index (κ1) is 19.9. The summed E-state index contributed by atoms with van der Waals surface area (Å²) >= 11 is 0. The maximum atomic E-state index is 11.9. The number of nitrogens with one attached hydrogen (secondary N) is 1. The van der Waals surface area contributed by atoms with Crippen molar-refractivity contribution < 1.29 is 23.8 Å². The van der Waals surface area contributed by atoms with Crippen LogP contribution in [0.1, 0.15) is 29.8 Å². The molecule has 1 N–H and O–H groups in total. The molecule has 1 aromatic heterocycles. The van der Waals surface area contributed by atoms with Gasteiger partial charge in [0.05, 0.1) is 19.4 Å². The number of carbonyl (C=O) groups excluding carboxylic acids is 2. The third kappa shape index (κ3) is 6.43. The Morgan fingerprint density at radius 3 is 2.59 bits per heavy atom. The van der Waals surface area contributed by atoms with Gasteiger partial charge in [0.2, 0.25) is 0 Å². The normalized spacial score (nSPS) is 10.7. The molecule has 2 rings (SSSR count). The second-order valence-electron chi connectivity index (χ2n) is 5.67. The largest absolute Gasteiger partial charge is 0.493 e.